The van der Waals surface area contributed by atoms with Gasteiger partial charge in [0, 0.05) is 18.0 Å². The van der Waals surface area contributed by atoms with Crippen LogP contribution in [0.1, 0.15) is 18.2 Å². The highest BCUT2D eigenvalue weighted by atomic mass is 79.9. The summed E-state index contributed by atoms with van der Waals surface area (Å²) in [6.45, 7) is 3.38. The average molecular weight is 377 g/mol. The lowest BCUT2D eigenvalue weighted by Crippen LogP contribution is -2.24. The highest BCUT2D eigenvalue weighted by Gasteiger charge is 2.08. The van der Waals surface area contributed by atoms with Crippen molar-refractivity contribution < 1.29 is 0 Å². The molecule has 0 unspecified atom stereocenters. The van der Waals surface area contributed by atoms with E-state index >= 15 is 0 Å². The van der Waals surface area contributed by atoms with Crippen LogP contribution in [0.15, 0.2) is 27.6 Å². The van der Waals surface area contributed by atoms with E-state index in [0.29, 0.717) is 11.0 Å². The number of rotatable bonds is 6. The van der Waals surface area contributed by atoms with Gasteiger partial charge in [-0.3, -0.25) is 4.79 Å². The Morgan fingerprint density at radius 2 is 2.30 bits per heavy atom. The first-order valence-electron chi connectivity index (χ1n) is 6.35. The van der Waals surface area contributed by atoms with Gasteiger partial charge < -0.3 is 5.32 Å². The molecule has 0 atom stereocenters. The van der Waals surface area contributed by atoms with Crippen molar-refractivity contribution in [1.82, 2.24) is 9.78 Å². The van der Waals surface area contributed by atoms with Gasteiger partial charge in [0.1, 0.15) is 4.47 Å². The Kier molecular flexibility index (Phi) is 5.63. The summed E-state index contributed by atoms with van der Waals surface area (Å²) in [4.78, 5) is 13.2. The third-order valence-corrected chi connectivity index (χ3v) is 4.79. The van der Waals surface area contributed by atoms with E-state index in [1.54, 1.807) is 17.5 Å². The van der Waals surface area contributed by atoms with Crippen molar-refractivity contribution in [2.75, 3.05) is 11.9 Å². The van der Waals surface area contributed by atoms with Crippen molar-refractivity contribution in [3.05, 3.63) is 42.4 Å². The zero-order valence-electron chi connectivity index (χ0n) is 11.0. The summed E-state index contributed by atoms with van der Waals surface area (Å²) in [5, 5.41) is 7.37. The SMILES string of the molecule is CCCn1ncc(NCCc2ccc(Cl)s2)c(Br)c1=O. The van der Waals surface area contributed by atoms with Gasteiger partial charge in [0.05, 0.1) is 16.2 Å². The van der Waals surface area contributed by atoms with E-state index in [1.807, 2.05) is 19.1 Å². The number of aryl methyl sites for hydroxylation is 1. The predicted molar refractivity (Wildman–Crippen MR) is 88.0 cm³/mol. The normalized spacial score (nSPS) is 10.8. The Hall–Kier alpha value is -0.850. The molecule has 0 amide bonds. The van der Waals surface area contributed by atoms with Crippen LogP contribution in [0.25, 0.3) is 0 Å². The Morgan fingerprint density at radius 3 is 2.95 bits per heavy atom. The van der Waals surface area contributed by atoms with Crippen molar-refractivity contribution in [2.45, 2.75) is 26.3 Å². The Bertz CT molecular complexity index is 641. The topological polar surface area (TPSA) is 46.9 Å². The standard InChI is InChI=1S/C13H15BrClN3OS/c1-2-7-18-13(19)12(14)10(8-17-18)16-6-5-9-3-4-11(15)20-9/h3-4,8,16H,2,5-7H2,1H3. The van der Waals surface area contributed by atoms with E-state index in [1.165, 1.54) is 9.56 Å². The number of nitrogens with zero attached hydrogens (tertiary/aromatic N) is 2. The van der Waals surface area contributed by atoms with Gasteiger partial charge in [-0.15, -0.1) is 11.3 Å². The lowest BCUT2D eigenvalue weighted by atomic mass is 10.3. The first-order valence-corrected chi connectivity index (χ1v) is 8.34. The number of hydrogen-bond acceptors (Lipinski definition) is 4. The molecule has 2 rings (SSSR count). The van der Waals surface area contributed by atoms with Crippen LogP contribution in [0.4, 0.5) is 5.69 Å². The van der Waals surface area contributed by atoms with E-state index in [4.69, 9.17) is 11.6 Å². The summed E-state index contributed by atoms with van der Waals surface area (Å²) in [6, 6.07) is 3.91. The fourth-order valence-electron chi connectivity index (χ4n) is 1.77. The molecular formula is C13H15BrClN3OS. The summed E-state index contributed by atoms with van der Waals surface area (Å²) in [5.74, 6) is 0. The molecule has 0 aliphatic rings. The molecule has 0 aromatic carbocycles. The maximum atomic E-state index is 12.0. The third-order valence-electron chi connectivity index (χ3n) is 2.74. The summed E-state index contributed by atoms with van der Waals surface area (Å²) >= 11 is 10.8. The van der Waals surface area contributed by atoms with E-state index in [0.717, 1.165) is 29.4 Å². The highest BCUT2D eigenvalue weighted by Crippen LogP contribution is 2.22. The summed E-state index contributed by atoms with van der Waals surface area (Å²) < 4.78 is 2.80. The molecule has 0 aliphatic heterocycles. The number of hydrogen-bond donors (Lipinski definition) is 1. The van der Waals surface area contributed by atoms with Gasteiger partial charge in [-0.2, -0.15) is 5.10 Å². The van der Waals surface area contributed by atoms with E-state index in [2.05, 4.69) is 26.3 Å². The van der Waals surface area contributed by atoms with Crippen LogP contribution in [0.3, 0.4) is 0 Å². The van der Waals surface area contributed by atoms with E-state index < -0.39 is 0 Å². The summed E-state index contributed by atoms with van der Waals surface area (Å²) in [7, 11) is 0. The van der Waals surface area contributed by atoms with Gasteiger partial charge in [0.15, 0.2) is 0 Å². The van der Waals surface area contributed by atoms with Crippen molar-refractivity contribution in [2.24, 2.45) is 0 Å². The van der Waals surface area contributed by atoms with Crippen molar-refractivity contribution in [3.63, 3.8) is 0 Å². The molecule has 0 radical (unpaired) electrons. The number of aromatic nitrogens is 2. The second-order valence-corrected chi connectivity index (χ2v) is 6.88. The number of nitrogens with one attached hydrogen (secondary N) is 1. The minimum Gasteiger partial charge on any atom is -0.382 e. The first-order chi connectivity index (χ1) is 9.61. The van der Waals surface area contributed by atoms with Crippen LogP contribution in [0.2, 0.25) is 4.34 Å². The Labute approximate surface area is 134 Å². The first kappa shape index (κ1) is 15.5. The molecule has 20 heavy (non-hydrogen) atoms. The lowest BCUT2D eigenvalue weighted by Gasteiger charge is -2.09. The van der Waals surface area contributed by atoms with Crippen LogP contribution in [-0.4, -0.2) is 16.3 Å². The highest BCUT2D eigenvalue weighted by molar-refractivity contribution is 9.10. The number of halogens is 2. The molecule has 0 spiro atoms. The molecule has 7 heteroatoms. The van der Waals surface area contributed by atoms with Gasteiger partial charge in [0.25, 0.3) is 5.56 Å². The van der Waals surface area contributed by atoms with Gasteiger partial charge in [0.2, 0.25) is 0 Å². The van der Waals surface area contributed by atoms with Crippen LogP contribution < -0.4 is 10.9 Å². The molecule has 108 valence electrons. The zero-order valence-corrected chi connectivity index (χ0v) is 14.2. The number of thiophene rings is 1. The fraction of sp³-hybridized carbons (Fsp3) is 0.385. The minimum atomic E-state index is -0.101. The van der Waals surface area contributed by atoms with Crippen LogP contribution in [-0.2, 0) is 13.0 Å². The largest absolute Gasteiger partial charge is 0.382 e. The molecule has 1 N–H and O–H groups in total. The Morgan fingerprint density at radius 1 is 1.50 bits per heavy atom. The summed E-state index contributed by atoms with van der Waals surface area (Å²) in [5.41, 5.74) is 0.626. The number of anilines is 1. The predicted octanol–water partition coefficient (Wildman–Crippen LogP) is 3.79. The van der Waals surface area contributed by atoms with Crippen LogP contribution in [0, 0.1) is 0 Å². The average Bonchev–Trinajstić information content (AvgIpc) is 2.84. The molecule has 2 aromatic heterocycles. The fourth-order valence-corrected chi connectivity index (χ4v) is 3.30. The van der Waals surface area contributed by atoms with E-state index in [-0.39, 0.29) is 5.56 Å². The lowest BCUT2D eigenvalue weighted by molar-refractivity contribution is 0.566. The molecule has 0 saturated heterocycles. The van der Waals surface area contributed by atoms with Gasteiger partial charge in [-0.1, -0.05) is 18.5 Å². The second-order valence-electron chi connectivity index (χ2n) is 4.28. The van der Waals surface area contributed by atoms with Crippen molar-refractivity contribution in [3.8, 4) is 0 Å². The minimum absolute atomic E-state index is 0.101. The maximum absolute atomic E-state index is 12.0. The zero-order chi connectivity index (χ0) is 14.5. The molecule has 0 aliphatic carbocycles. The maximum Gasteiger partial charge on any atom is 0.283 e. The quantitative estimate of drug-likeness (QED) is 0.834. The van der Waals surface area contributed by atoms with E-state index in [9.17, 15) is 4.79 Å². The Balaban J connectivity index is 1.99. The molecule has 4 nitrogen and oxygen atoms in total. The van der Waals surface area contributed by atoms with Crippen molar-refractivity contribution >= 4 is 44.6 Å². The molecule has 0 bridgehead atoms. The molecule has 2 aromatic rings. The van der Waals surface area contributed by atoms with Gasteiger partial charge in [-0.25, -0.2) is 4.68 Å². The van der Waals surface area contributed by atoms with Crippen LogP contribution in [0.5, 0.6) is 0 Å². The summed E-state index contributed by atoms with van der Waals surface area (Å²) in [6.07, 6.45) is 3.43. The third kappa shape index (κ3) is 3.84. The molecule has 2 heterocycles. The van der Waals surface area contributed by atoms with Gasteiger partial charge >= 0.3 is 0 Å². The van der Waals surface area contributed by atoms with Crippen LogP contribution >= 0.6 is 38.9 Å². The molecular weight excluding hydrogens is 362 g/mol. The second kappa shape index (κ2) is 7.24. The van der Waals surface area contributed by atoms with Gasteiger partial charge in [-0.05, 0) is 40.9 Å². The molecule has 0 fully saturated rings. The smallest absolute Gasteiger partial charge is 0.283 e. The monoisotopic (exact) mass is 375 g/mol. The molecule has 0 saturated carbocycles. The van der Waals surface area contributed by atoms with Crippen molar-refractivity contribution in [1.29, 1.82) is 0 Å².